The third-order valence-electron chi connectivity index (χ3n) is 2.14. The Morgan fingerprint density at radius 3 is 2.19 bits per heavy atom. The van der Waals surface area contributed by atoms with Crippen molar-refractivity contribution >= 4 is 5.97 Å². The van der Waals surface area contributed by atoms with Crippen LogP contribution in [0.4, 0.5) is 13.2 Å². The highest BCUT2D eigenvalue weighted by Crippen LogP contribution is 2.28. The van der Waals surface area contributed by atoms with E-state index >= 15 is 0 Å². The first kappa shape index (κ1) is 16.8. The fourth-order valence-electron chi connectivity index (χ4n) is 1.31. The predicted octanol–water partition coefficient (Wildman–Crippen LogP) is 3.95. The van der Waals surface area contributed by atoms with Crippen LogP contribution in [0.3, 0.4) is 0 Å². The van der Waals surface area contributed by atoms with Gasteiger partial charge in [-0.25, -0.2) is 4.79 Å². The van der Waals surface area contributed by atoms with Gasteiger partial charge < -0.3 is 4.74 Å². The minimum atomic E-state index is -4.36. The maximum absolute atomic E-state index is 12.4. The van der Waals surface area contributed by atoms with Crippen LogP contribution >= 0.6 is 0 Å². The van der Waals surface area contributed by atoms with E-state index in [0.717, 1.165) is 12.1 Å². The van der Waals surface area contributed by atoms with E-state index < -0.39 is 23.3 Å². The molecule has 0 spiro atoms. The lowest BCUT2D eigenvalue weighted by atomic mass is 10.1. The summed E-state index contributed by atoms with van der Waals surface area (Å²) in [5.74, 6) is 4.67. The van der Waals surface area contributed by atoms with E-state index in [2.05, 4.69) is 11.8 Å². The Bertz CT molecular complexity index is 579. The number of carbonyl (C=O) groups excluding carboxylic acids is 1. The standard InChI is InChI=1S/C16H15F3O2/c1-15(2,3)21-14(20)7-5-4-6-12-8-10-13(11-9-12)16(17,18)19/h5,7-11H,1-3H3/b7-5+. The quantitative estimate of drug-likeness (QED) is 0.445. The Hall–Kier alpha value is -2.22. The molecule has 0 aliphatic carbocycles. The number of halogens is 3. The molecule has 0 radical (unpaired) electrons. The van der Waals surface area contributed by atoms with E-state index in [-0.39, 0.29) is 0 Å². The summed E-state index contributed by atoms with van der Waals surface area (Å²) in [5.41, 5.74) is -0.878. The van der Waals surface area contributed by atoms with Crippen molar-refractivity contribution in [3.63, 3.8) is 0 Å². The van der Waals surface area contributed by atoms with Crippen LogP contribution in [0.15, 0.2) is 36.4 Å². The normalized spacial score (nSPS) is 11.9. The van der Waals surface area contributed by atoms with E-state index in [1.807, 2.05) is 0 Å². The van der Waals surface area contributed by atoms with Crippen molar-refractivity contribution in [2.45, 2.75) is 32.5 Å². The van der Waals surface area contributed by atoms with E-state index in [1.165, 1.54) is 24.3 Å². The Morgan fingerprint density at radius 1 is 1.14 bits per heavy atom. The van der Waals surface area contributed by atoms with Gasteiger partial charge in [-0.15, -0.1) is 0 Å². The van der Waals surface area contributed by atoms with Gasteiger partial charge in [0.2, 0.25) is 0 Å². The molecule has 0 atom stereocenters. The average molecular weight is 296 g/mol. The molecule has 0 N–H and O–H groups in total. The molecule has 0 unspecified atom stereocenters. The first-order valence-corrected chi connectivity index (χ1v) is 6.16. The maximum Gasteiger partial charge on any atom is 0.416 e. The Kier molecular flexibility index (Phi) is 5.20. The number of carbonyl (C=O) groups is 1. The second kappa shape index (κ2) is 6.49. The highest BCUT2D eigenvalue weighted by molar-refractivity contribution is 5.82. The summed E-state index contributed by atoms with van der Waals surface area (Å²) >= 11 is 0. The number of alkyl halides is 3. The van der Waals surface area contributed by atoms with Crippen molar-refractivity contribution in [3.05, 3.63) is 47.5 Å². The average Bonchev–Trinajstić information content (AvgIpc) is 2.32. The fraction of sp³-hybridized carbons (Fsp3) is 0.312. The number of allylic oxidation sites excluding steroid dienone is 1. The van der Waals surface area contributed by atoms with Gasteiger partial charge in [0.25, 0.3) is 0 Å². The van der Waals surface area contributed by atoms with Crippen molar-refractivity contribution in [1.29, 1.82) is 0 Å². The van der Waals surface area contributed by atoms with Crippen LogP contribution in [0.5, 0.6) is 0 Å². The third kappa shape index (κ3) is 6.66. The van der Waals surface area contributed by atoms with Crippen LogP contribution in [0.1, 0.15) is 31.9 Å². The molecule has 0 amide bonds. The first-order valence-electron chi connectivity index (χ1n) is 6.16. The van der Waals surface area contributed by atoms with Gasteiger partial charge in [0, 0.05) is 11.6 Å². The third-order valence-corrected chi connectivity index (χ3v) is 2.14. The largest absolute Gasteiger partial charge is 0.457 e. The fourth-order valence-corrected chi connectivity index (χ4v) is 1.31. The zero-order valence-electron chi connectivity index (χ0n) is 11.9. The molecule has 0 heterocycles. The Morgan fingerprint density at radius 2 is 1.71 bits per heavy atom. The smallest absolute Gasteiger partial charge is 0.416 e. The summed E-state index contributed by atoms with van der Waals surface area (Å²) in [4.78, 5) is 11.3. The Balaban J connectivity index is 2.65. The molecule has 2 nitrogen and oxygen atoms in total. The van der Waals surface area contributed by atoms with E-state index in [4.69, 9.17) is 4.74 Å². The van der Waals surface area contributed by atoms with Crippen LogP contribution in [-0.2, 0) is 15.7 Å². The summed E-state index contributed by atoms with van der Waals surface area (Å²) in [6, 6.07) is 4.47. The molecular formula is C16H15F3O2. The molecular weight excluding hydrogens is 281 g/mol. The first-order chi connectivity index (χ1) is 9.58. The molecule has 0 aliphatic rings. The summed E-state index contributed by atoms with van der Waals surface area (Å²) in [5, 5.41) is 0. The molecule has 0 bridgehead atoms. The lowest BCUT2D eigenvalue weighted by molar-refractivity contribution is -0.148. The van der Waals surface area contributed by atoms with Crippen LogP contribution in [0, 0.1) is 11.8 Å². The molecule has 0 saturated heterocycles. The zero-order chi connectivity index (χ0) is 16.1. The summed E-state index contributed by atoms with van der Waals surface area (Å²) < 4.78 is 42.1. The second-order valence-electron chi connectivity index (χ2n) is 5.21. The SMILES string of the molecule is CC(C)(C)OC(=O)/C=C/C#Cc1ccc(C(F)(F)F)cc1. The molecule has 0 fully saturated rings. The molecule has 0 aromatic heterocycles. The van der Waals surface area contributed by atoms with Crippen LogP contribution in [-0.4, -0.2) is 11.6 Å². The lowest BCUT2D eigenvalue weighted by Gasteiger charge is -2.17. The van der Waals surface area contributed by atoms with Crippen molar-refractivity contribution in [2.24, 2.45) is 0 Å². The van der Waals surface area contributed by atoms with E-state index in [9.17, 15) is 18.0 Å². The molecule has 21 heavy (non-hydrogen) atoms. The molecule has 1 aromatic carbocycles. The van der Waals surface area contributed by atoms with Gasteiger partial charge in [-0.1, -0.05) is 11.8 Å². The van der Waals surface area contributed by atoms with Gasteiger partial charge in [0.15, 0.2) is 0 Å². The number of ether oxygens (including phenoxy) is 1. The van der Waals surface area contributed by atoms with E-state index in [1.54, 1.807) is 20.8 Å². The van der Waals surface area contributed by atoms with Gasteiger partial charge in [0.1, 0.15) is 5.60 Å². The van der Waals surface area contributed by atoms with Crippen molar-refractivity contribution in [3.8, 4) is 11.8 Å². The number of rotatable bonds is 1. The zero-order valence-corrected chi connectivity index (χ0v) is 11.9. The molecule has 0 saturated carbocycles. The molecule has 1 aromatic rings. The minimum absolute atomic E-state index is 0.428. The van der Waals surface area contributed by atoms with Crippen LogP contribution in [0.2, 0.25) is 0 Å². The lowest BCUT2D eigenvalue weighted by Crippen LogP contribution is -2.22. The predicted molar refractivity (Wildman–Crippen MR) is 73.3 cm³/mol. The maximum atomic E-state index is 12.4. The summed E-state index contributed by atoms with van der Waals surface area (Å²) in [6.07, 6.45) is -1.89. The highest BCUT2D eigenvalue weighted by Gasteiger charge is 2.29. The van der Waals surface area contributed by atoms with Crippen molar-refractivity contribution in [1.82, 2.24) is 0 Å². The van der Waals surface area contributed by atoms with Gasteiger partial charge in [-0.3, -0.25) is 0 Å². The summed E-state index contributed by atoms with van der Waals surface area (Å²) in [6.45, 7) is 5.23. The van der Waals surface area contributed by atoms with Crippen molar-refractivity contribution < 1.29 is 22.7 Å². The van der Waals surface area contributed by atoms with Crippen molar-refractivity contribution in [2.75, 3.05) is 0 Å². The number of benzene rings is 1. The number of hydrogen-bond acceptors (Lipinski definition) is 2. The molecule has 0 aliphatic heterocycles. The molecule has 5 heteroatoms. The molecule has 1 rings (SSSR count). The molecule has 112 valence electrons. The van der Waals surface area contributed by atoms with Crippen LogP contribution in [0.25, 0.3) is 0 Å². The van der Waals surface area contributed by atoms with Gasteiger partial charge >= 0.3 is 12.1 Å². The van der Waals surface area contributed by atoms with Gasteiger partial charge in [0.05, 0.1) is 5.56 Å². The van der Waals surface area contributed by atoms with Gasteiger partial charge in [-0.2, -0.15) is 13.2 Å². The topological polar surface area (TPSA) is 26.3 Å². The second-order valence-corrected chi connectivity index (χ2v) is 5.21. The number of hydrogen-bond donors (Lipinski definition) is 0. The van der Waals surface area contributed by atoms with Gasteiger partial charge in [-0.05, 0) is 51.1 Å². The minimum Gasteiger partial charge on any atom is -0.457 e. The van der Waals surface area contributed by atoms with E-state index in [0.29, 0.717) is 5.56 Å². The monoisotopic (exact) mass is 296 g/mol. The van der Waals surface area contributed by atoms with Crippen LogP contribution < -0.4 is 0 Å². The summed E-state index contributed by atoms with van der Waals surface area (Å²) in [7, 11) is 0. The highest BCUT2D eigenvalue weighted by atomic mass is 19.4. The number of esters is 1. The Labute approximate surface area is 121 Å².